The van der Waals surface area contributed by atoms with Crippen molar-refractivity contribution in [3.63, 3.8) is 0 Å². The van der Waals surface area contributed by atoms with Crippen LogP contribution >= 0.6 is 0 Å². The summed E-state index contributed by atoms with van der Waals surface area (Å²) >= 11 is 0. The molecule has 2 aromatic carbocycles. The molecule has 0 aliphatic carbocycles. The molecule has 0 aromatic heterocycles. The van der Waals surface area contributed by atoms with Crippen molar-refractivity contribution in [2.24, 2.45) is 4.99 Å². The van der Waals surface area contributed by atoms with Gasteiger partial charge >= 0.3 is 0 Å². The topological polar surface area (TPSA) is 64.9 Å². The van der Waals surface area contributed by atoms with E-state index in [1.165, 1.54) is 6.08 Å². The number of aliphatic imine (C=N–C) groups is 1. The molecule has 0 aliphatic rings. The van der Waals surface area contributed by atoms with Crippen LogP contribution in [0.1, 0.15) is 6.92 Å². The molecular formula is C19H19N3O2. The number of carbonyl (C=O) groups excluding carboxylic acids is 1. The molecule has 2 rings (SSSR count). The lowest BCUT2D eigenvalue weighted by Gasteiger charge is -2.25. The Morgan fingerprint density at radius 1 is 1.04 bits per heavy atom. The van der Waals surface area contributed by atoms with Crippen LogP contribution in [0.5, 0.6) is 0 Å². The maximum absolute atomic E-state index is 11.5. The van der Waals surface area contributed by atoms with Gasteiger partial charge in [0.25, 0.3) is 5.91 Å². The summed E-state index contributed by atoms with van der Waals surface area (Å²) in [6, 6.07) is 19.8. The molecular weight excluding hydrogens is 302 g/mol. The van der Waals surface area contributed by atoms with Gasteiger partial charge in [0.05, 0.1) is 0 Å². The van der Waals surface area contributed by atoms with Crippen molar-refractivity contribution in [2.75, 3.05) is 4.90 Å². The van der Waals surface area contributed by atoms with Gasteiger partial charge in [0.15, 0.2) is 0 Å². The van der Waals surface area contributed by atoms with Crippen molar-refractivity contribution in [2.45, 2.75) is 6.92 Å². The minimum Gasteiger partial charge on any atom is -0.315 e. The summed E-state index contributed by atoms with van der Waals surface area (Å²) < 4.78 is 0. The Hall–Kier alpha value is -3.18. The largest absolute Gasteiger partial charge is 0.315 e. The number of carbonyl (C=O) groups is 1. The number of nitrogens with one attached hydrogen (secondary N) is 1. The minimum absolute atomic E-state index is 0.0259. The minimum atomic E-state index is -0.708. The van der Waals surface area contributed by atoms with Gasteiger partial charge < -0.3 is 4.90 Å². The SMILES string of the molecule is C=N/C(=C\C=C(/C)N(c1ccccc1)c1ccccc1)C(=O)NO. The van der Waals surface area contributed by atoms with E-state index in [1.54, 1.807) is 11.6 Å². The highest BCUT2D eigenvalue weighted by molar-refractivity contribution is 5.93. The molecule has 0 aliphatic heterocycles. The van der Waals surface area contributed by atoms with Gasteiger partial charge in [-0.2, -0.15) is 0 Å². The van der Waals surface area contributed by atoms with Crippen LogP contribution in [0.2, 0.25) is 0 Å². The van der Waals surface area contributed by atoms with E-state index in [9.17, 15) is 4.79 Å². The number of anilines is 2. The average molecular weight is 321 g/mol. The fourth-order valence-electron chi connectivity index (χ4n) is 2.24. The summed E-state index contributed by atoms with van der Waals surface area (Å²) in [4.78, 5) is 17.1. The first-order valence-corrected chi connectivity index (χ1v) is 7.37. The molecule has 0 heterocycles. The van der Waals surface area contributed by atoms with Crippen LogP contribution in [-0.4, -0.2) is 17.8 Å². The lowest BCUT2D eigenvalue weighted by Crippen LogP contribution is -2.19. The number of amides is 1. The average Bonchev–Trinajstić information content (AvgIpc) is 2.64. The lowest BCUT2D eigenvalue weighted by molar-refractivity contribution is -0.125. The zero-order valence-corrected chi connectivity index (χ0v) is 13.4. The molecule has 24 heavy (non-hydrogen) atoms. The number of hydrogen-bond acceptors (Lipinski definition) is 4. The predicted octanol–water partition coefficient (Wildman–Crippen LogP) is 3.82. The molecule has 0 spiro atoms. The van der Waals surface area contributed by atoms with E-state index in [1.807, 2.05) is 72.5 Å². The molecule has 0 saturated carbocycles. The highest BCUT2D eigenvalue weighted by Gasteiger charge is 2.11. The Kier molecular flexibility index (Phi) is 6.05. The fraction of sp³-hybridized carbons (Fsp3) is 0.0526. The first-order chi connectivity index (χ1) is 11.7. The summed E-state index contributed by atoms with van der Waals surface area (Å²) in [6.45, 7) is 5.26. The number of hydrogen-bond donors (Lipinski definition) is 2. The number of nitrogens with zero attached hydrogens (tertiary/aromatic N) is 2. The van der Waals surface area contributed by atoms with Gasteiger partial charge in [-0.3, -0.25) is 15.0 Å². The van der Waals surface area contributed by atoms with Gasteiger partial charge in [-0.25, -0.2) is 5.48 Å². The van der Waals surface area contributed by atoms with Gasteiger partial charge in [-0.15, -0.1) is 0 Å². The molecule has 0 radical (unpaired) electrons. The Morgan fingerprint density at radius 2 is 1.54 bits per heavy atom. The smallest absolute Gasteiger partial charge is 0.293 e. The zero-order valence-electron chi connectivity index (χ0n) is 13.4. The van der Waals surface area contributed by atoms with Crippen LogP contribution in [0, 0.1) is 0 Å². The Labute approximate surface area is 141 Å². The van der Waals surface area contributed by atoms with Gasteiger partial charge in [0, 0.05) is 17.1 Å². The van der Waals surface area contributed by atoms with E-state index in [0.29, 0.717) is 0 Å². The lowest BCUT2D eigenvalue weighted by atomic mass is 10.2. The van der Waals surface area contributed by atoms with Crippen molar-refractivity contribution in [3.8, 4) is 0 Å². The van der Waals surface area contributed by atoms with Crippen LogP contribution in [-0.2, 0) is 4.79 Å². The molecule has 122 valence electrons. The maximum atomic E-state index is 11.5. The molecule has 0 bridgehead atoms. The van der Waals surface area contributed by atoms with Crippen molar-refractivity contribution in [3.05, 3.63) is 84.2 Å². The summed E-state index contributed by atoms with van der Waals surface area (Å²) in [5, 5.41) is 8.71. The van der Waals surface area contributed by atoms with E-state index in [-0.39, 0.29) is 5.70 Å². The second-order valence-electron chi connectivity index (χ2n) is 4.97. The van der Waals surface area contributed by atoms with Crippen LogP contribution in [0.3, 0.4) is 0 Å². The first kappa shape index (κ1) is 17.2. The monoisotopic (exact) mass is 321 g/mol. The molecule has 5 nitrogen and oxygen atoms in total. The van der Waals surface area contributed by atoms with Crippen molar-refractivity contribution in [1.29, 1.82) is 0 Å². The van der Waals surface area contributed by atoms with Crippen LogP contribution in [0.4, 0.5) is 11.4 Å². The van der Waals surface area contributed by atoms with Crippen molar-refractivity contribution in [1.82, 2.24) is 5.48 Å². The van der Waals surface area contributed by atoms with E-state index < -0.39 is 5.91 Å². The normalized spacial score (nSPS) is 11.8. The van der Waals surface area contributed by atoms with E-state index in [2.05, 4.69) is 11.7 Å². The van der Waals surface area contributed by atoms with Crippen LogP contribution in [0.15, 0.2) is 89.2 Å². The van der Waals surface area contributed by atoms with Crippen molar-refractivity contribution >= 4 is 24.0 Å². The third kappa shape index (κ3) is 4.18. The summed E-state index contributed by atoms with van der Waals surface area (Å²) in [5.41, 5.74) is 4.43. The van der Waals surface area contributed by atoms with Gasteiger partial charge in [-0.1, -0.05) is 36.4 Å². The number of rotatable bonds is 6. The first-order valence-electron chi connectivity index (χ1n) is 7.37. The van der Waals surface area contributed by atoms with E-state index in [0.717, 1.165) is 17.1 Å². The number of para-hydroxylation sites is 2. The Bertz CT molecular complexity index is 713. The quantitative estimate of drug-likeness (QED) is 0.279. The summed E-state index contributed by atoms with van der Waals surface area (Å²) in [6.07, 6.45) is 3.26. The van der Waals surface area contributed by atoms with Gasteiger partial charge in [0.2, 0.25) is 0 Å². The molecule has 5 heteroatoms. The third-order valence-corrected chi connectivity index (χ3v) is 3.37. The van der Waals surface area contributed by atoms with Crippen molar-refractivity contribution < 1.29 is 10.0 Å². The highest BCUT2D eigenvalue weighted by Crippen LogP contribution is 2.29. The molecule has 0 fully saturated rings. The summed E-state index contributed by atoms with van der Waals surface area (Å²) in [5.74, 6) is -0.708. The second kappa shape index (κ2) is 8.45. The van der Waals surface area contributed by atoms with Gasteiger partial charge in [0.1, 0.15) is 5.70 Å². The molecule has 2 aromatic rings. The number of benzene rings is 2. The summed E-state index contributed by atoms with van der Waals surface area (Å²) in [7, 11) is 0. The van der Waals surface area contributed by atoms with Crippen LogP contribution in [0.25, 0.3) is 0 Å². The Balaban J connectivity index is 2.44. The third-order valence-electron chi connectivity index (χ3n) is 3.37. The van der Waals surface area contributed by atoms with E-state index in [4.69, 9.17) is 5.21 Å². The number of hydroxylamine groups is 1. The second-order valence-corrected chi connectivity index (χ2v) is 4.97. The maximum Gasteiger partial charge on any atom is 0.293 e. The predicted molar refractivity (Wildman–Crippen MR) is 96.3 cm³/mol. The fourth-order valence-corrected chi connectivity index (χ4v) is 2.24. The standard InChI is InChI=1S/C19H19N3O2/c1-15(13-14-18(20-2)19(23)21-24)22(16-9-5-3-6-10-16)17-11-7-4-8-12-17/h3-14,24H,2H2,1H3,(H,21,23)/b15-13+,18-14-. The molecule has 0 saturated heterocycles. The molecule has 0 unspecified atom stereocenters. The zero-order chi connectivity index (χ0) is 17.4. The highest BCUT2D eigenvalue weighted by atomic mass is 16.5. The van der Waals surface area contributed by atoms with E-state index >= 15 is 0 Å². The Morgan fingerprint density at radius 3 is 1.96 bits per heavy atom. The molecule has 0 atom stereocenters. The van der Waals surface area contributed by atoms with Gasteiger partial charge in [-0.05, 0) is 50.1 Å². The number of allylic oxidation sites excluding steroid dienone is 3. The van der Waals surface area contributed by atoms with Crippen LogP contribution < -0.4 is 10.4 Å². The molecule has 1 amide bonds. The molecule has 2 N–H and O–H groups in total.